The molecule has 0 bridgehead atoms. The number of ether oxygens (including phenoxy) is 2. The van der Waals surface area contributed by atoms with Crippen LogP contribution in [0.2, 0.25) is 0 Å². The van der Waals surface area contributed by atoms with Crippen LogP contribution in [0.1, 0.15) is 0 Å². The molecule has 1 heterocycles. The zero-order valence-corrected chi connectivity index (χ0v) is 18.2. The predicted molar refractivity (Wildman–Crippen MR) is 115 cm³/mol. The second-order valence-electron chi connectivity index (χ2n) is 4.79. The smallest absolute Gasteiger partial charge is 0.250 e. The minimum atomic E-state index is -3.48. The Morgan fingerprint density at radius 2 is 1.96 bits per heavy atom. The van der Waals surface area contributed by atoms with E-state index in [0.717, 1.165) is 11.3 Å². The van der Waals surface area contributed by atoms with Gasteiger partial charge in [-0.2, -0.15) is 0 Å². The van der Waals surface area contributed by atoms with Crippen molar-refractivity contribution >= 4 is 57.0 Å². The predicted octanol–water partition coefficient (Wildman–Crippen LogP) is 2.09. The lowest BCUT2D eigenvalue weighted by Gasteiger charge is -2.11. The number of aliphatic imine (C=N–C) groups is 1. The summed E-state index contributed by atoms with van der Waals surface area (Å²) in [6.45, 7) is 0.352. The van der Waals surface area contributed by atoms with Crippen molar-refractivity contribution in [2.24, 2.45) is 10.7 Å². The highest BCUT2D eigenvalue weighted by atomic mass is 127. The normalized spacial score (nSPS) is 11.5. The molecular weight excluding hydrogens is 491 g/mol. The Labute approximate surface area is 173 Å². The fourth-order valence-corrected chi connectivity index (χ4v) is 4.00. The standard InChI is InChI=1S/C15H20N4O4S2.HI/c1-22-12-6-5-11(10-13(12)23-2)19-15(16)17-7-8-18-25(20,21)14-4-3-9-24-14;/h3-6,9-10,18H,7-8H2,1-2H3,(H3,16,17,19);1H. The number of rotatable bonds is 8. The minimum Gasteiger partial charge on any atom is -0.493 e. The largest absolute Gasteiger partial charge is 0.493 e. The van der Waals surface area contributed by atoms with Crippen molar-refractivity contribution in [3.8, 4) is 11.5 Å². The van der Waals surface area contributed by atoms with Gasteiger partial charge in [0.25, 0.3) is 0 Å². The summed E-state index contributed by atoms with van der Waals surface area (Å²) in [5.41, 5.74) is 6.48. The Balaban J connectivity index is 0.00000338. The first-order valence-electron chi connectivity index (χ1n) is 7.28. The van der Waals surface area contributed by atoms with Crippen LogP contribution in [-0.4, -0.2) is 41.7 Å². The number of benzene rings is 1. The van der Waals surface area contributed by atoms with Gasteiger partial charge < -0.3 is 20.5 Å². The third kappa shape index (κ3) is 6.30. The van der Waals surface area contributed by atoms with Gasteiger partial charge in [-0.15, -0.1) is 35.3 Å². The summed E-state index contributed by atoms with van der Waals surface area (Å²) in [5, 5.41) is 4.62. The summed E-state index contributed by atoms with van der Waals surface area (Å²) in [6, 6.07) is 8.46. The molecule has 0 aliphatic heterocycles. The molecule has 1 aromatic carbocycles. The SMILES string of the molecule is COc1ccc(NC(N)=NCCNS(=O)(=O)c2cccs2)cc1OC.I. The number of sulfonamides is 1. The van der Waals surface area contributed by atoms with Crippen LogP contribution in [-0.2, 0) is 10.0 Å². The summed E-state index contributed by atoms with van der Waals surface area (Å²) in [4.78, 5) is 4.09. The van der Waals surface area contributed by atoms with Crippen LogP contribution >= 0.6 is 35.3 Å². The van der Waals surface area contributed by atoms with Crippen molar-refractivity contribution in [3.63, 3.8) is 0 Å². The number of guanidine groups is 1. The van der Waals surface area contributed by atoms with Crippen LogP contribution in [0.15, 0.2) is 44.9 Å². The Hall–Kier alpha value is -1.57. The van der Waals surface area contributed by atoms with Gasteiger partial charge in [0.2, 0.25) is 10.0 Å². The van der Waals surface area contributed by atoms with Gasteiger partial charge in [-0.3, -0.25) is 4.99 Å². The molecule has 4 N–H and O–H groups in total. The third-order valence-electron chi connectivity index (χ3n) is 3.10. The first kappa shape index (κ1) is 22.5. The van der Waals surface area contributed by atoms with E-state index in [1.165, 1.54) is 0 Å². The van der Waals surface area contributed by atoms with E-state index < -0.39 is 10.0 Å². The number of thiophene rings is 1. The average molecular weight is 512 g/mol. The Morgan fingerprint density at radius 3 is 2.58 bits per heavy atom. The topological polar surface area (TPSA) is 115 Å². The molecule has 0 saturated carbocycles. The number of nitrogens with two attached hydrogens (primary N) is 1. The molecule has 2 aromatic rings. The zero-order valence-electron chi connectivity index (χ0n) is 14.3. The van der Waals surface area contributed by atoms with Crippen LogP contribution in [0.25, 0.3) is 0 Å². The van der Waals surface area contributed by atoms with E-state index in [0.29, 0.717) is 17.2 Å². The second-order valence-corrected chi connectivity index (χ2v) is 7.73. The second kappa shape index (κ2) is 10.5. The molecule has 0 amide bonds. The number of halogens is 1. The summed E-state index contributed by atoms with van der Waals surface area (Å²) < 4.78 is 37.0. The lowest BCUT2D eigenvalue weighted by Crippen LogP contribution is -2.28. The van der Waals surface area contributed by atoms with Gasteiger partial charge in [-0.05, 0) is 23.6 Å². The first-order valence-corrected chi connectivity index (χ1v) is 9.64. The quantitative estimate of drug-likeness (QED) is 0.216. The van der Waals surface area contributed by atoms with Crippen molar-refractivity contribution in [1.82, 2.24) is 4.72 Å². The molecule has 8 nitrogen and oxygen atoms in total. The molecule has 0 fully saturated rings. The molecular formula is C15H21IN4O4S2. The molecule has 144 valence electrons. The fourth-order valence-electron chi connectivity index (χ4n) is 1.95. The van der Waals surface area contributed by atoms with E-state index in [-0.39, 0.29) is 47.2 Å². The van der Waals surface area contributed by atoms with E-state index in [4.69, 9.17) is 15.2 Å². The molecule has 26 heavy (non-hydrogen) atoms. The lowest BCUT2D eigenvalue weighted by molar-refractivity contribution is 0.355. The molecule has 0 atom stereocenters. The van der Waals surface area contributed by atoms with E-state index in [9.17, 15) is 8.42 Å². The average Bonchev–Trinajstić information content (AvgIpc) is 3.14. The monoisotopic (exact) mass is 512 g/mol. The molecule has 11 heteroatoms. The summed E-state index contributed by atoms with van der Waals surface area (Å²) in [7, 11) is -0.389. The number of hydrogen-bond donors (Lipinski definition) is 3. The number of methoxy groups -OCH3 is 2. The maximum atomic E-state index is 11.9. The van der Waals surface area contributed by atoms with Gasteiger partial charge in [0, 0.05) is 18.3 Å². The van der Waals surface area contributed by atoms with Crippen LogP contribution in [0.3, 0.4) is 0 Å². The Bertz CT molecular complexity index is 826. The van der Waals surface area contributed by atoms with Gasteiger partial charge in [0.1, 0.15) is 4.21 Å². The van der Waals surface area contributed by atoms with Crippen LogP contribution in [0.5, 0.6) is 11.5 Å². The maximum absolute atomic E-state index is 11.9. The molecule has 0 unspecified atom stereocenters. The molecule has 0 saturated heterocycles. The van der Waals surface area contributed by atoms with E-state index in [1.807, 2.05) is 0 Å². The van der Waals surface area contributed by atoms with E-state index in [1.54, 1.807) is 49.9 Å². The summed E-state index contributed by atoms with van der Waals surface area (Å²) in [6.07, 6.45) is 0. The molecule has 0 aliphatic carbocycles. The molecule has 0 radical (unpaired) electrons. The number of nitrogens with one attached hydrogen (secondary N) is 2. The molecule has 1 aromatic heterocycles. The number of hydrogen-bond acceptors (Lipinski definition) is 6. The molecule has 0 aliphatic rings. The Kier molecular flexibility index (Phi) is 9.12. The third-order valence-corrected chi connectivity index (χ3v) is 5.96. The lowest BCUT2D eigenvalue weighted by atomic mass is 10.3. The zero-order chi connectivity index (χ0) is 18.3. The molecule has 2 rings (SSSR count). The highest BCUT2D eigenvalue weighted by Crippen LogP contribution is 2.29. The van der Waals surface area contributed by atoms with E-state index >= 15 is 0 Å². The fraction of sp³-hybridized carbons (Fsp3) is 0.267. The van der Waals surface area contributed by atoms with Gasteiger partial charge in [-0.1, -0.05) is 6.07 Å². The van der Waals surface area contributed by atoms with Crippen molar-refractivity contribution in [2.75, 3.05) is 32.6 Å². The van der Waals surface area contributed by atoms with Gasteiger partial charge in [0.05, 0.1) is 20.8 Å². The Morgan fingerprint density at radius 1 is 1.23 bits per heavy atom. The van der Waals surface area contributed by atoms with Crippen molar-refractivity contribution in [2.45, 2.75) is 4.21 Å². The van der Waals surface area contributed by atoms with E-state index in [2.05, 4.69) is 15.0 Å². The van der Waals surface area contributed by atoms with Crippen molar-refractivity contribution in [1.29, 1.82) is 0 Å². The minimum absolute atomic E-state index is 0. The van der Waals surface area contributed by atoms with Crippen LogP contribution in [0, 0.1) is 0 Å². The summed E-state index contributed by atoms with van der Waals surface area (Å²) in [5.74, 6) is 1.33. The molecule has 0 spiro atoms. The maximum Gasteiger partial charge on any atom is 0.250 e. The summed E-state index contributed by atoms with van der Waals surface area (Å²) >= 11 is 1.16. The highest BCUT2D eigenvalue weighted by molar-refractivity contribution is 14.0. The number of nitrogens with zero attached hydrogens (tertiary/aromatic N) is 1. The van der Waals surface area contributed by atoms with Gasteiger partial charge in [-0.25, -0.2) is 13.1 Å². The van der Waals surface area contributed by atoms with Crippen molar-refractivity contribution in [3.05, 3.63) is 35.7 Å². The van der Waals surface area contributed by atoms with Crippen LogP contribution < -0.4 is 25.2 Å². The highest BCUT2D eigenvalue weighted by Gasteiger charge is 2.13. The number of anilines is 1. The van der Waals surface area contributed by atoms with Gasteiger partial charge in [0.15, 0.2) is 17.5 Å². The van der Waals surface area contributed by atoms with Crippen LogP contribution in [0.4, 0.5) is 5.69 Å². The first-order chi connectivity index (χ1) is 12.0. The van der Waals surface area contributed by atoms with Crippen molar-refractivity contribution < 1.29 is 17.9 Å². The van der Waals surface area contributed by atoms with Gasteiger partial charge >= 0.3 is 0 Å².